The zero-order valence-corrected chi connectivity index (χ0v) is 10.3. The lowest BCUT2D eigenvalue weighted by Gasteiger charge is -2.26. The van der Waals surface area contributed by atoms with Crippen LogP contribution in [0.3, 0.4) is 0 Å². The molecule has 1 aromatic rings. The summed E-state index contributed by atoms with van der Waals surface area (Å²) in [5.41, 5.74) is 0.560. The van der Waals surface area contributed by atoms with E-state index in [0.29, 0.717) is 17.1 Å². The number of hydrogen-bond donors (Lipinski definition) is 1. The molecule has 2 unspecified atom stereocenters. The summed E-state index contributed by atoms with van der Waals surface area (Å²) in [7, 11) is 0. The van der Waals surface area contributed by atoms with Gasteiger partial charge < -0.3 is 5.32 Å². The Balaban J connectivity index is 2.01. The maximum Gasteiger partial charge on any atom is 0.123 e. The van der Waals surface area contributed by atoms with Crippen molar-refractivity contribution < 1.29 is 8.78 Å². The average molecular weight is 260 g/mol. The molecule has 0 amide bonds. The van der Waals surface area contributed by atoms with Crippen LogP contribution in [0, 0.1) is 11.7 Å². The van der Waals surface area contributed by atoms with Crippen molar-refractivity contribution in [3.8, 4) is 0 Å². The number of halogens is 3. The molecule has 1 aromatic carbocycles. The summed E-state index contributed by atoms with van der Waals surface area (Å²) in [6.07, 6.45) is 1.13. The quantitative estimate of drug-likeness (QED) is 0.878. The lowest BCUT2D eigenvalue weighted by atomic mass is 9.91. The molecule has 0 aromatic heterocycles. The number of benzene rings is 1. The van der Waals surface area contributed by atoms with E-state index in [-0.39, 0.29) is 18.2 Å². The van der Waals surface area contributed by atoms with Crippen molar-refractivity contribution in [3.05, 3.63) is 34.6 Å². The highest BCUT2D eigenvalue weighted by Crippen LogP contribution is 2.25. The van der Waals surface area contributed by atoms with E-state index in [4.69, 9.17) is 11.6 Å². The normalized spacial score (nSPS) is 22.4. The maximum atomic E-state index is 14.1. The van der Waals surface area contributed by atoms with Crippen LogP contribution in [0.15, 0.2) is 18.2 Å². The van der Waals surface area contributed by atoms with Gasteiger partial charge in [0.2, 0.25) is 0 Å². The van der Waals surface area contributed by atoms with Crippen LogP contribution in [0.2, 0.25) is 5.02 Å². The molecule has 0 spiro atoms. The Morgan fingerprint density at radius 2 is 2.29 bits per heavy atom. The smallest absolute Gasteiger partial charge is 0.123 e. The highest BCUT2D eigenvalue weighted by atomic mass is 35.5. The standard InChI is InChI=1S/C13H16ClF2N/c14-12-4-3-11(15)6-10(12)7-13(16)9-2-1-5-17-8-9/h3-4,6,9,13,17H,1-2,5,7-8H2. The Labute approximate surface area is 105 Å². The second kappa shape index (κ2) is 5.78. The first-order valence-corrected chi connectivity index (χ1v) is 6.33. The predicted octanol–water partition coefficient (Wildman–Crippen LogP) is 3.36. The minimum Gasteiger partial charge on any atom is -0.316 e. The molecular formula is C13H16ClF2N. The van der Waals surface area contributed by atoms with E-state index in [1.807, 2.05) is 0 Å². The van der Waals surface area contributed by atoms with Gasteiger partial charge in [-0.15, -0.1) is 0 Å². The van der Waals surface area contributed by atoms with Crippen LogP contribution in [0.5, 0.6) is 0 Å². The Kier molecular flexibility index (Phi) is 4.35. The zero-order chi connectivity index (χ0) is 12.3. The van der Waals surface area contributed by atoms with Gasteiger partial charge in [-0.3, -0.25) is 0 Å². The first-order valence-electron chi connectivity index (χ1n) is 5.95. The van der Waals surface area contributed by atoms with Crippen LogP contribution in [0.4, 0.5) is 8.78 Å². The molecule has 0 aliphatic carbocycles. The van der Waals surface area contributed by atoms with Gasteiger partial charge in [-0.25, -0.2) is 8.78 Å². The van der Waals surface area contributed by atoms with Crippen LogP contribution in [0.1, 0.15) is 18.4 Å². The fourth-order valence-corrected chi connectivity index (χ4v) is 2.46. The molecule has 4 heteroatoms. The molecule has 1 aliphatic rings. The number of piperidine rings is 1. The number of nitrogens with one attached hydrogen (secondary N) is 1. The molecule has 1 N–H and O–H groups in total. The van der Waals surface area contributed by atoms with Crippen LogP contribution in [-0.2, 0) is 6.42 Å². The maximum absolute atomic E-state index is 14.1. The van der Waals surface area contributed by atoms with Crippen molar-refractivity contribution >= 4 is 11.6 Å². The third-order valence-electron chi connectivity index (χ3n) is 3.27. The van der Waals surface area contributed by atoms with Gasteiger partial charge in [0.25, 0.3) is 0 Å². The Morgan fingerprint density at radius 1 is 1.47 bits per heavy atom. The second-order valence-corrected chi connectivity index (χ2v) is 4.97. The summed E-state index contributed by atoms with van der Waals surface area (Å²) < 4.78 is 27.1. The first kappa shape index (κ1) is 12.8. The predicted molar refractivity (Wildman–Crippen MR) is 65.6 cm³/mol. The zero-order valence-electron chi connectivity index (χ0n) is 9.56. The second-order valence-electron chi connectivity index (χ2n) is 4.56. The minimum absolute atomic E-state index is 0.0167. The van der Waals surface area contributed by atoms with E-state index in [1.165, 1.54) is 18.2 Å². The number of alkyl halides is 1. The van der Waals surface area contributed by atoms with E-state index in [1.54, 1.807) is 0 Å². The topological polar surface area (TPSA) is 12.0 Å². The van der Waals surface area contributed by atoms with Gasteiger partial charge in [0.05, 0.1) is 0 Å². The molecule has 1 saturated heterocycles. The van der Waals surface area contributed by atoms with Crippen LogP contribution < -0.4 is 5.32 Å². The third-order valence-corrected chi connectivity index (χ3v) is 3.64. The Morgan fingerprint density at radius 3 is 3.00 bits per heavy atom. The molecule has 1 heterocycles. The molecule has 2 atom stereocenters. The summed E-state index contributed by atoms with van der Waals surface area (Å²) in [6.45, 7) is 1.66. The van der Waals surface area contributed by atoms with Crippen molar-refractivity contribution in [2.45, 2.75) is 25.4 Å². The van der Waals surface area contributed by atoms with Crippen molar-refractivity contribution in [1.29, 1.82) is 0 Å². The summed E-state index contributed by atoms with van der Waals surface area (Å²) in [6, 6.07) is 4.10. The van der Waals surface area contributed by atoms with Crippen molar-refractivity contribution in [2.24, 2.45) is 5.92 Å². The molecule has 1 nitrogen and oxygen atoms in total. The fraction of sp³-hybridized carbons (Fsp3) is 0.538. The van der Waals surface area contributed by atoms with E-state index in [0.717, 1.165) is 19.4 Å². The molecule has 0 saturated carbocycles. The minimum atomic E-state index is -0.956. The molecule has 1 fully saturated rings. The largest absolute Gasteiger partial charge is 0.316 e. The van der Waals surface area contributed by atoms with Crippen molar-refractivity contribution in [3.63, 3.8) is 0 Å². The highest BCUT2D eigenvalue weighted by molar-refractivity contribution is 6.31. The van der Waals surface area contributed by atoms with Gasteiger partial charge >= 0.3 is 0 Å². The van der Waals surface area contributed by atoms with Crippen LogP contribution in [-0.4, -0.2) is 19.3 Å². The van der Waals surface area contributed by atoms with Gasteiger partial charge in [0.15, 0.2) is 0 Å². The van der Waals surface area contributed by atoms with Gasteiger partial charge in [-0.05, 0) is 43.1 Å². The SMILES string of the molecule is Fc1ccc(Cl)c(CC(F)C2CCCNC2)c1. The third kappa shape index (κ3) is 3.39. The molecule has 94 valence electrons. The molecule has 1 aliphatic heterocycles. The van der Waals surface area contributed by atoms with E-state index < -0.39 is 6.17 Å². The first-order chi connectivity index (χ1) is 8.16. The summed E-state index contributed by atoms with van der Waals surface area (Å²) in [5.74, 6) is -0.346. The van der Waals surface area contributed by atoms with Crippen molar-refractivity contribution in [1.82, 2.24) is 5.32 Å². The molecular weight excluding hydrogens is 244 g/mol. The van der Waals surface area contributed by atoms with Crippen LogP contribution in [0.25, 0.3) is 0 Å². The number of rotatable bonds is 3. The summed E-state index contributed by atoms with van der Waals surface area (Å²) >= 11 is 5.93. The van der Waals surface area contributed by atoms with Gasteiger partial charge in [0, 0.05) is 23.9 Å². The van der Waals surface area contributed by atoms with E-state index in [2.05, 4.69) is 5.32 Å². The van der Waals surface area contributed by atoms with Crippen molar-refractivity contribution in [2.75, 3.05) is 13.1 Å². The summed E-state index contributed by atoms with van der Waals surface area (Å²) in [5, 5.41) is 3.62. The lowest BCUT2D eigenvalue weighted by Crippen LogP contribution is -2.35. The monoisotopic (exact) mass is 259 g/mol. The van der Waals surface area contributed by atoms with Gasteiger partial charge in [0.1, 0.15) is 12.0 Å². The highest BCUT2D eigenvalue weighted by Gasteiger charge is 2.24. The Bertz CT molecular complexity index is 378. The average Bonchev–Trinajstić information content (AvgIpc) is 2.35. The molecule has 0 bridgehead atoms. The molecule has 2 rings (SSSR count). The van der Waals surface area contributed by atoms with E-state index >= 15 is 0 Å². The molecule has 17 heavy (non-hydrogen) atoms. The summed E-state index contributed by atoms with van der Waals surface area (Å²) in [4.78, 5) is 0. The van der Waals surface area contributed by atoms with Gasteiger partial charge in [-0.1, -0.05) is 11.6 Å². The van der Waals surface area contributed by atoms with Gasteiger partial charge in [-0.2, -0.15) is 0 Å². The molecule has 0 radical (unpaired) electrons. The lowest BCUT2D eigenvalue weighted by molar-refractivity contribution is 0.191. The van der Waals surface area contributed by atoms with E-state index in [9.17, 15) is 8.78 Å². The Hall–Kier alpha value is -0.670. The van der Waals surface area contributed by atoms with Crippen LogP contribution >= 0.6 is 11.6 Å². The fourth-order valence-electron chi connectivity index (χ4n) is 2.26. The number of hydrogen-bond acceptors (Lipinski definition) is 1.